The zero-order valence-corrected chi connectivity index (χ0v) is 18.0. The molecule has 152 valence electrons. The van der Waals surface area contributed by atoms with Crippen LogP contribution in [-0.2, 0) is 5.41 Å². The number of fused-ring (bicyclic) bond motifs is 1. The first-order valence-corrected chi connectivity index (χ1v) is 10.0. The van der Waals surface area contributed by atoms with Crippen LogP contribution >= 0.6 is 0 Å². The predicted molar refractivity (Wildman–Crippen MR) is 118 cm³/mol. The second-order valence-corrected chi connectivity index (χ2v) is 8.91. The van der Waals surface area contributed by atoms with Crippen molar-refractivity contribution < 1.29 is 4.74 Å². The summed E-state index contributed by atoms with van der Waals surface area (Å²) in [6.07, 6.45) is 0. The average Bonchev–Trinajstić information content (AvgIpc) is 3.11. The highest BCUT2D eigenvalue weighted by Crippen LogP contribution is 2.46. The highest BCUT2D eigenvalue weighted by molar-refractivity contribution is 5.71. The number of hydrogen-bond acceptors (Lipinski definition) is 4. The maximum Gasteiger partial charge on any atom is 0.244 e. The Balaban J connectivity index is 1.90. The first-order valence-electron chi connectivity index (χ1n) is 10.0. The molecule has 1 aliphatic heterocycles. The maximum absolute atomic E-state index is 9.88. The Morgan fingerprint density at radius 1 is 1.07 bits per heavy atom. The fourth-order valence-electron chi connectivity index (χ4n) is 3.87. The van der Waals surface area contributed by atoms with Crippen molar-refractivity contribution in [1.29, 1.82) is 5.26 Å². The molecule has 0 bridgehead atoms. The minimum Gasteiger partial charge on any atom is -0.420 e. The van der Waals surface area contributed by atoms with E-state index in [2.05, 4.69) is 93.3 Å². The lowest BCUT2D eigenvalue weighted by atomic mass is 9.80. The van der Waals surface area contributed by atoms with Gasteiger partial charge in [0.2, 0.25) is 11.8 Å². The van der Waals surface area contributed by atoms with Crippen LogP contribution in [0.2, 0.25) is 0 Å². The number of nitriles is 1. The monoisotopic (exact) mass is 398 g/mol. The van der Waals surface area contributed by atoms with Gasteiger partial charge in [-0.1, -0.05) is 57.2 Å². The minimum atomic E-state index is -0.344. The number of H-pyrrole nitrogens is 1. The van der Waals surface area contributed by atoms with Gasteiger partial charge in [-0.15, -0.1) is 5.10 Å². The Hall–Kier alpha value is -3.52. The van der Waals surface area contributed by atoms with E-state index in [-0.39, 0.29) is 17.2 Å². The van der Waals surface area contributed by atoms with Gasteiger partial charge in [-0.25, -0.2) is 0 Å². The maximum atomic E-state index is 9.88. The summed E-state index contributed by atoms with van der Waals surface area (Å²) in [6.45, 7) is 10.7. The third-order valence-electron chi connectivity index (χ3n) is 5.84. The van der Waals surface area contributed by atoms with Crippen LogP contribution in [0, 0.1) is 25.2 Å². The van der Waals surface area contributed by atoms with Crippen molar-refractivity contribution in [2.24, 2.45) is 5.73 Å². The number of aromatic nitrogens is 2. The van der Waals surface area contributed by atoms with Gasteiger partial charge in [0.25, 0.3) is 0 Å². The summed E-state index contributed by atoms with van der Waals surface area (Å²) in [5.41, 5.74) is 13.9. The normalized spacial score (nSPS) is 16.1. The van der Waals surface area contributed by atoms with Crippen LogP contribution in [0.15, 0.2) is 53.9 Å². The van der Waals surface area contributed by atoms with Crippen LogP contribution in [-0.4, -0.2) is 10.2 Å². The number of rotatable bonds is 2. The van der Waals surface area contributed by atoms with Crippen molar-refractivity contribution in [3.05, 3.63) is 81.7 Å². The molecule has 3 N–H and O–H groups in total. The molecule has 4 rings (SSSR count). The number of nitrogens with two attached hydrogens (primary N) is 1. The van der Waals surface area contributed by atoms with Crippen molar-refractivity contribution in [2.45, 2.75) is 46.0 Å². The third kappa shape index (κ3) is 3.25. The molecule has 0 saturated carbocycles. The smallest absolute Gasteiger partial charge is 0.244 e. The van der Waals surface area contributed by atoms with Gasteiger partial charge in [-0.05, 0) is 47.6 Å². The van der Waals surface area contributed by atoms with Crippen molar-refractivity contribution in [3.8, 4) is 23.2 Å². The summed E-state index contributed by atoms with van der Waals surface area (Å²) in [7, 11) is 0. The molecule has 0 spiro atoms. The molecule has 5 nitrogen and oxygen atoms in total. The zero-order chi connectivity index (χ0) is 21.6. The van der Waals surface area contributed by atoms with Crippen LogP contribution in [0.5, 0.6) is 5.88 Å². The summed E-state index contributed by atoms with van der Waals surface area (Å²) in [5, 5.41) is 17.4. The van der Waals surface area contributed by atoms with Gasteiger partial charge in [-0.2, -0.15) is 5.26 Å². The van der Waals surface area contributed by atoms with Gasteiger partial charge in [-0.3, -0.25) is 5.10 Å². The first kappa shape index (κ1) is 19.8. The van der Waals surface area contributed by atoms with Crippen molar-refractivity contribution in [1.82, 2.24) is 10.2 Å². The molecule has 2 heterocycles. The summed E-state index contributed by atoms with van der Waals surface area (Å²) in [5.74, 6) is 0.181. The zero-order valence-electron chi connectivity index (χ0n) is 18.0. The number of ether oxygens (including phenoxy) is 1. The second kappa shape index (κ2) is 7.07. The van der Waals surface area contributed by atoms with E-state index in [0.717, 1.165) is 22.4 Å². The minimum absolute atomic E-state index is 0.0481. The lowest BCUT2D eigenvalue weighted by Crippen LogP contribution is -2.21. The molecule has 30 heavy (non-hydrogen) atoms. The highest BCUT2D eigenvalue weighted by atomic mass is 16.5. The van der Waals surface area contributed by atoms with Crippen LogP contribution in [0.4, 0.5) is 0 Å². The average molecular weight is 399 g/mol. The van der Waals surface area contributed by atoms with E-state index in [1.54, 1.807) is 0 Å². The van der Waals surface area contributed by atoms with Crippen LogP contribution in [0.3, 0.4) is 0 Å². The molecular formula is C25H26N4O. The molecule has 0 aliphatic carbocycles. The molecular weight excluding hydrogens is 372 g/mol. The number of benzene rings is 2. The Morgan fingerprint density at radius 2 is 1.77 bits per heavy atom. The number of hydrogen-bond donors (Lipinski definition) is 2. The fourth-order valence-corrected chi connectivity index (χ4v) is 3.87. The molecule has 0 amide bonds. The van der Waals surface area contributed by atoms with Crippen LogP contribution in [0.25, 0.3) is 11.3 Å². The molecule has 0 fully saturated rings. The fraction of sp³-hybridized carbons (Fsp3) is 0.280. The van der Waals surface area contributed by atoms with Gasteiger partial charge in [0.1, 0.15) is 11.6 Å². The molecule has 5 heteroatoms. The molecule has 3 aromatic rings. The number of nitrogens with zero attached hydrogens (tertiary/aromatic N) is 2. The van der Waals surface area contributed by atoms with E-state index < -0.39 is 0 Å². The number of aryl methyl sites for hydroxylation is 2. The van der Waals surface area contributed by atoms with Gasteiger partial charge in [0.05, 0.1) is 17.2 Å². The molecule has 1 aliphatic rings. The second-order valence-electron chi connectivity index (χ2n) is 8.91. The lowest BCUT2D eigenvalue weighted by Gasteiger charge is -2.25. The standard InChI is InChI=1S/C25H26N4O/c1-14-6-7-17(12-15(14)2)22-21-20(16-8-10-18(11-9-16)25(3,4)5)19(13-26)23(27)30-24(21)29-28-22/h6-12,20H,27H2,1-5H3,(H,28,29). The predicted octanol–water partition coefficient (Wildman–Crippen LogP) is 5.21. The van der Waals surface area contributed by atoms with E-state index >= 15 is 0 Å². The third-order valence-corrected chi connectivity index (χ3v) is 5.84. The van der Waals surface area contributed by atoms with Gasteiger partial charge < -0.3 is 10.5 Å². The highest BCUT2D eigenvalue weighted by Gasteiger charge is 2.35. The Labute approximate surface area is 177 Å². The first-order chi connectivity index (χ1) is 14.2. The van der Waals surface area contributed by atoms with Gasteiger partial charge >= 0.3 is 0 Å². The van der Waals surface area contributed by atoms with E-state index in [9.17, 15) is 5.26 Å². The topological polar surface area (TPSA) is 87.7 Å². The molecule has 2 aromatic carbocycles. The van der Waals surface area contributed by atoms with Crippen molar-refractivity contribution in [3.63, 3.8) is 0 Å². The summed E-state index contributed by atoms with van der Waals surface area (Å²) >= 11 is 0. The summed E-state index contributed by atoms with van der Waals surface area (Å²) < 4.78 is 5.71. The van der Waals surface area contributed by atoms with E-state index in [1.807, 2.05) is 0 Å². The molecule has 1 unspecified atom stereocenters. The molecule has 0 radical (unpaired) electrons. The summed E-state index contributed by atoms with van der Waals surface area (Å²) in [6, 6.07) is 16.9. The van der Waals surface area contributed by atoms with Crippen molar-refractivity contribution >= 4 is 0 Å². The molecule has 0 saturated heterocycles. The van der Waals surface area contributed by atoms with E-state index in [1.165, 1.54) is 16.7 Å². The molecule has 1 atom stereocenters. The number of allylic oxidation sites excluding steroid dienone is 1. The van der Waals surface area contributed by atoms with E-state index in [4.69, 9.17) is 10.5 Å². The SMILES string of the molecule is Cc1ccc(-c2[nH]nc3c2C(c2ccc(C(C)(C)C)cc2)C(C#N)=C(N)O3)cc1C. The Bertz CT molecular complexity index is 1190. The lowest BCUT2D eigenvalue weighted by molar-refractivity contribution is 0.379. The van der Waals surface area contributed by atoms with Crippen molar-refractivity contribution in [2.75, 3.05) is 0 Å². The van der Waals surface area contributed by atoms with Gasteiger partial charge in [0, 0.05) is 5.56 Å². The Kier molecular flexibility index (Phi) is 4.66. The van der Waals surface area contributed by atoms with Gasteiger partial charge in [0.15, 0.2) is 0 Å². The number of aromatic amines is 1. The summed E-state index contributed by atoms with van der Waals surface area (Å²) in [4.78, 5) is 0. The van der Waals surface area contributed by atoms with E-state index in [0.29, 0.717) is 11.5 Å². The quantitative estimate of drug-likeness (QED) is 0.620. The molecule has 1 aromatic heterocycles. The Morgan fingerprint density at radius 3 is 2.37 bits per heavy atom. The van der Waals surface area contributed by atoms with Crippen LogP contribution < -0.4 is 10.5 Å². The van der Waals surface area contributed by atoms with Crippen LogP contribution in [0.1, 0.15) is 54.5 Å². The number of nitrogens with one attached hydrogen (secondary N) is 1. The largest absolute Gasteiger partial charge is 0.420 e.